The number of carbonyl (C=O) groups is 1. The number of hydrogen-bond donors (Lipinski definition) is 2. The molecule has 1 aliphatic heterocycles. The molecule has 0 aliphatic carbocycles. The number of benzene rings is 2. The summed E-state index contributed by atoms with van der Waals surface area (Å²) in [6.07, 6.45) is 2.09. The van der Waals surface area contributed by atoms with E-state index in [1.54, 1.807) is 6.07 Å². The first-order chi connectivity index (χ1) is 12.3. The highest BCUT2D eigenvalue weighted by molar-refractivity contribution is 5.97. The van der Waals surface area contributed by atoms with Gasteiger partial charge in [0, 0.05) is 12.6 Å². The molecule has 0 radical (unpaired) electrons. The standard InChI is InChI=1S/C20H24N2O3.ClH/c23-20(22-16-7-6-12-21-15-16)18-10-4-5-11-19(18)25-14-13-24-17-8-2-1-3-9-17;/h1-5,8-11,16,21H,6-7,12-15H2,(H,22,23);1H/t16-;/m0./s1. The van der Waals surface area contributed by atoms with E-state index in [-0.39, 0.29) is 24.4 Å². The first-order valence-corrected chi connectivity index (χ1v) is 8.74. The smallest absolute Gasteiger partial charge is 0.255 e. The molecule has 26 heavy (non-hydrogen) atoms. The van der Waals surface area contributed by atoms with Crippen LogP contribution < -0.4 is 20.1 Å². The average Bonchev–Trinajstić information content (AvgIpc) is 2.67. The van der Waals surface area contributed by atoms with Crippen LogP contribution in [0.25, 0.3) is 0 Å². The zero-order chi connectivity index (χ0) is 17.3. The van der Waals surface area contributed by atoms with Gasteiger partial charge in [0.25, 0.3) is 5.91 Å². The maximum absolute atomic E-state index is 12.5. The van der Waals surface area contributed by atoms with Crippen molar-refractivity contribution < 1.29 is 14.3 Å². The molecule has 2 aromatic rings. The third-order valence-electron chi connectivity index (χ3n) is 4.12. The number of piperidine rings is 1. The molecule has 6 heteroatoms. The van der Waals surface area contributed by atoms with Gasteiger partial charge in [-0.2, -0.15) is 0 Å². The van der Waals surface area contributed by atoms with E-state index in [1.807, 2.05) is 48.5 Å². The maximum Gasteiger partial charge on any atom is 0.255 e. The SMILES string of the molecule is Cl.O=C(N[C@H]1CCCNC1)c1ccccc1OCCOc1ccccc1. The van der Waals surface area contributed by atoms with Gasteiger partial charge in [0.15, 0.2) is 0 Å². The van der Waals surface area contributed by atoms with Gasteiger partial charge in [0.1, 0.15) is 24.7 Å². The van der Waals surface area contributed by atoms with Gasteiger partial charge in [-0.05, 0) is 43.7 Å². The van der Waals surface area contributed by atoms with Gasteiger partial charge >= 0.3 is 0 Å². The average molecular weight is 377 g/mol. The lowest BCUT2D eigenvalue weighted by molar-refractivity contribution is 0.0925. The molecule has 2 N–H and O–H groups in total. The Balaban J connectivity index is 0.00000243. The van der Waals surface area contributed by atoms with Crippen molar-refractivity contribution in [3.8, 4) is 11.5 Å². The van der Waals surface area contributed by atoms with Crippen LogP contribution in [0.5, 0.6) is 11.5 Å². The normalized spacial score (nSPS) is 16.2. The van der Waals surface area contributed by atoms with Gasteiger partial charge in [0.2, 0.25) is 0 Å². The molecule has 0 bridgehead atoms. The first kappa shape index (κ1) is 20.1. The molecule has 1 atom stereocenters. The van der Waals surface area contributed by atoms with E-state index in [9.17, 15) is 4.79 Å². The predicted octanol–water partition coefficient (Wildman–Crippen LogP) is 3.05. The third-order valence-corrected chi connectivity index (χ3v) is 4.12. The van der Waals surface area contributed by atoms with Crippen molar-refractivity contribution in [2.24, 2.45) is 0 Å². The Hall–Kier alpha value is -2.24. The number of halogens is 1. The van der Waals surface area contributed by atoms with E-state index in [0.717, 1.165) is 31.7 Å². The lowest BCUT2D eigenvalue weighted by Crippen LogP contribution is -2.45. The molecule has 140 valence electrons. The van der Waals surface area contributed by atoms with E-state index in [1.165, 1.54) is 0 Å². The van der Waals surface area contributed by atoms with Crippen LogP contribution in [0.2, 0.25) is 0 Å². The Morgan fingerprint density at radius 1 is 1.04 bits per heavy atom. The molecule has 2 aromatic carbocycles. The van der Waals surface area contributed by atoms with Crippen LogP contribution in [-0.4, -0.2) is 38.3 Å². The van der Waals surface area contributed by atoms with Crippen LogP contribution in [0.15, 0.2) is 54.6 Å². The summed E-state index contributed by atoms with van der Waals surface area (Å²) in [5.74, 6) is 1.30. The number of amides is 1. The second kappa shape index (κ2) is 10.7. The Labute approximate surface area is 160 Å². The molecular formula is C20H25ClN2O3. The summed E-state index contributed by atoms with van der Waals surface area (Å²) in [6.45, 7) is 2.64. The molecule has 1 aliphatic rings. The molecule has 1 fully saturated rings. The van der Waals surface area contributed by atoms with Crippen molar-refractivity contribution >= 4 is 18.3 Å². The van der Waals surface area contributed by atoms with E-state index in [4.69, 9.17) is 9.47 Å². The lowest BCUT2D eigenvalue weighted by atomic mass is 10.1. The number of ether oxygens (including phenoxy) is 2. The van der Waals surface area contributed by atoms with Crippen molar-refractivity contribution in [1.82, 2.24) is 10.6 Å². The first-order valence-electron chi connectivity index (χ1n) is 8.74. The molecule has 3 rings (SSSR count). The Morgan fingerprint density at radius 3 is 2.54 bits per heavy atom. The summed E-state index contributed by atoms with van der Waals surface area (Å²) < 4.78 is 11.4. The quantitative estimate of drug-likeness (QED) is 0.729. The van der Waals surface area contributed by atoms with Gasteiger partial charge in [-0.25, -0.2) is 0 Å². The lowest BCUT2D eigenvalue weighted by Gasteiger charge is -2.24. The molecule has 0 spiro atoms. The summed E-state index contributed by atoms with van der Waals surface area (Å²) >= 11 is 0. The molecular weight excluding hydrogens is 352 g/mol. The highest BCUT2D eigenvalue weighted by Crippen LogP contribution is 2.18. The van der Waals surface area contributed by atoms with Crippen molar-refractivity contribution in [2.45, 2.75) is 18.9 Å². The minimum absolute atomic E-state index is 0. The van der Waals surface area contributed by atoms with Gasteiger partial charge in [-0.15, -0.1) is 12.4 Å². The van der Waals surface area contributed by atoms with Crippen LogP contribution in [0, 0.1) is 0 Å². The van der Waals surface area contributed by atoms with Gasteiger partial charge < -0.3 is 20.1 Å². The van der Waals surface area contributed by atoms with E-state index in [2.05, 4.69) is 10.6 Å². The highest BCUT2D eigenvalue weighted by atomic mass is 35.5. The largest absolute Gasteiger partial charge is 0.490 e. The summed E-state index contributed by atoms with van der Waals surface area (Å²) in [4.78, 5) is 12.5. The summed E-state index contributed by atoms with van der Waals surface area (Å²) in [6, 6.07) is 17.1. The molecule has 0 aromatic heterocycles. The predicted molar refractivity (Wildman–Crippen MR) is 104 cm³/mol. The van der Waals surface area contributed by atoms with Crippen LogP contribution >= 0.6 is 12.4 Å². The number of rotatable bonds is 7. The topological polar surface area (TPSA) is 59.6 Å². The summed E-state index contributed by atoms with van der Waals surface area (Å²) in [5, 5.41) is 6.38. The summed E-state index contributed by atoms with van der Waals surface area (Å²) in [5.41, 5.74) is 0.563. The number of nitrogens with one attached hydrogen (secondary N) is 2. The Kier molecular flexibility index (Phi) is 8.25. The second-order valence-corrected chi connectivity index (χ2v) is 6.02. The van der Waals surface area contributed by atoms with Crippen molar-refractivity contribution in [3.63, 3.8) is 0 Å². The monoisotopic (exact) mass is 376 g/mol. The minimum atomic E-state index is -0.0896. The second-order valence-electron chi connectivity index (χ2n) is 6.02. The third kappa shape index (κ3) is 5.93. The van der Waals surface area contributed by atoms with E-state index in [0.29, 0.717) is 24.5 Å². The van der Waals surface area contributed by atoms with Crippen LogP contribution in [-0.2, 0) is 0 Å². The number of carbonyl (C=O) groups excluding carboxylic acids is 1. The van der Waals surface area contributed by atoms with Crippen LogP contribution in [0.1, 0.15) is 23.2 Å². The summed E-state index contributed by atoms with van der Waals surface area (Å²) in [7, 11) is 0. The van der Waals surface area contributed by atoms with Gasteiger partial charge in [-0.3, -0.25) is 4.79 Å². The van der Waals surface area contributed by atoms with Crippen molar-refractivity contribution in [1.29, 1.82) is 0 Å². The van der Waals surface area contributed by atoms with Crippen LogP contribution in [0.3, 0.4) is 0 Å². The Bertz CT molecular complexity index is 676. The van der Waals surface area contributed by atoms with E-state index >= 15 is 0 Å². The maximum atomic E-state index is 12.5. The molecule has 1 heterocycles. The van der Waals surface area contributed by atoms with Gasteiger partial charge in [0.05, 0.1) is 5.56 Å². The fraction of sp³-hybridized carbons (Fsp3) is 0.350. The number of hydrogen-bond acceptors (Lipinski definition) is 4. The fourth-order valence-electron chi connectivity index (χ4n) is 2.85. The highest BCUT2D eigenvalue weighted by Gasteiger charge is 2.18. The zero-order valence-corrected chi connectivity index (χ0v) is 15.5. The van der Waals surface area contributed by atoms with E-state index < -0.39 is 0 Å². The molecule has 5 nitrogen and oxygen atoms in total. The van der Waals surface area contributed by atoms with Gasteiger partial charge in [-0.1, -0.05) is 30.3 Å². The molecule has 0 saturated carbocycles. The molecule has 1 amide bonds. The number of para-hydroxylation sites is 2. The molecule has 1 saturated heterocycles. The van der Waals surface area contributed by atoms with Crippen molar-refractivity contribution in [2.75, 3.05) is 26.3 Å². The van der Waals surface area contributed by atoms with Crippen molar-refractivity contribution in [3.05, 3.63) is 60.2 Å². The fourth-order valence-corrected chi connectivity index (χ4v) is 2.85. The van der Waals surface area contributed by atoms with Crippen LogP contribution in [0.4, 0.5) is 0 Å². The molecule has 0 unspecified atom stereocenters. The zero-order valence-electron chi connectivity index (χ0n) is 14.6. The minimum Gasteiger partial charge on any atom is -0.490 e. The Morgan fingerprint density at radius 2 is 1.77 bits per heavy atom.